The van der Waals surface area contributed by atoms with Gasteiger partial charge in [-0.25, -0.2) is 9.48 Å². The summed E-state index contributed by atoms with van der Waals surface area (Å²) in [6.07, 6.45) is 6.05. The molecule has 1 aromatic heterocycles. The maximum Gasteiger partial charge on any atom is 0.335 e. The Morgan fingerprint density at radius 1 is 0.868 bits per heavy atom. The average molecular weight is 503 g/mol. The quantitative estimate of drug-likeness (QED) is 0.239. The van der Waals surface area contributed by atoms with Gasteiger partial charge in [-0.05, 0) is 94.6 Å². The number of aromatic nitrogens is 2. The molecule has 0 aliphatic carbocycles. The van der Waals surface area contributed by atoms with Gasteiger partial charge in [0, 0.05) is 12.0 Å². The zero-order valence-corrected chi connectivity index (χ0v) is 21.4. The van der Waals surface area contributed by atoms with E-state index in [9.17, 15) is 9.90 Å². The maximum absolute atomic E-state index is 11.5. The first-order valence-corrected chi connectivity index (χ1v) is 13.3. The molecular formula is C33H30N2O3. The number of aromatic carboxylic acids is 1. The normalized spacial score (nSPS) is 16.5. The molecule has 5 aromatic rings. The molecule has 1 aliphatic rings. The van der Waals surface area contributed by atoms with Crippen LogP contribution in [0.1, 0.15) is 65.9 Å². The summed E-state index contributed by atoms with van der Waals surface area (Å²) >= 11 is 0. The molecule has 0 bridgehead atoms. The summed E-state index contributed by atoms with van der Waals surface area (Å²) in [7, 11) is 0. The van der Waals surface area contributed by atoms with E-state index in [1.165, 1.54) is 16.7 Å². The van der Waals surface area contributed by atoms with Crippen LogP contribution in [0.3, 0.4) is 0 Å². The van der Waals surface area contributed by atoms with Crippen LogP contribution in [0.2, 0.25) is 0 Å². The summed E-state index contributed by atoms with van der Waals surface area (Å²) in [5, 5.41) is 17.1. The van der Waals surface area contributed by atoms with Gasteiger partial charge in [0.25, 0.3) is 0 Å². The fraction of sp³-hybridized carbons (Fsp3) is 0.212. The largest absolute Gasteiger partial charge is 0.478 e. The van der Waals surface area contributed by atoms with Crippen LogP contribution in [0.5, 0.6) is 0 Å². The molecule has 0 saturated carbocycles. The van der Waals surface area contributed by atoms with Gasteiger partial charge in [0.05, 0.1) is 17.3 Å². The van der Waals surface area contributed by atoms with Crippen LogP contribution in [-0.4, -0.2) is 27.5 Å². The number of carboxylic acid groups (broad SMARTS) is 1. The molecule has 2 heterocycles. The second kappa shape index (κ2) is 10.3. The molecule has 5 nitrogen and oxygen atoms in total. The number of nitrogens with zero attached hydrogens (tertiary/aromatic N) is 2. The minimum absolute atomic E-state index is 0.00573. The average Bonchev–Trinajstić information content (AvgIpc) is 3.39. The van der Waals surface area contributed by atoms with E-state index in [4.69, 9.17) is 9.84 Å². The van der Waals surface area contributed by atoms with Gasteiger partial charge < -0.3 is 9.84 Å². The van der Waals surface area contributed by atoms with Crippen molar-refractivity contribution in [1.82, 2.24) is 9.78 Å². The predicted octanol–water partition coefficient (Wildman–Crippen LogP) is 7.96. The Labute approximate surface area is 222 Å². The zero-order chi connectivity index (χ0) is 26.1. The lowest BCUT2D eigenvalue weighted by Gasteiger charge is -2.23. The summed E-state index contributed by atoms with van der Waals surface area (Å²) in [5.41, 5.74) is 7.23. The summed E-state index contributed by atoms with van der Waals surface area (Å²) < 4.78 is 8.03. The number of hydrogen-bond donors (Lipinski definition) is 1. The number of hydrogen-bond acceptors (Lipinski definition) is 3. The first-order chi connectivity index (χ1) is 18.6. The maximum atomic E-state index is 11.5. The smallest absolute Gasteiger partial charge is 0.335 e. The highest BCUT2D eigenvalue weighted by atomic mass is 16.5. The molecule has 1 N–H and O–H groups in total. The van der Waals surface area contributed by atoms with Crippen LogP contribution in [0.4, 0.5) is 0 Å². The lowest BCUT2D eigenvalue weighted by molar-refractivity contribution is -0.0366. The highest BCUT2D eigenvalue weighted by molar-refractivity contribution is 6.03. The van der Waals surface area contributed by atoms with Crippen LogP contribution < -0.4 is 0 Å². The van der Waals surface area contributed by atoms with Crippen LogP contribution in [0, 0.1) is 0 Å². The summed E-state index contributed by atoms with van der Waals surface area (Å²) in [4.78, 5) is 11.5. The predicted molar refractivity (Wildman–Crippen MR) is 152 cm³/mol. The van der Waals surface area contributed by atoms with Crippen molar-refractivity contribution < 1.29 is 14.6 Å². The number of ether oxygens (including phenoxy) is 1. The fourth-order valence-corrected chi connectivity index (χ4v) is 5.57. The molecule has 0 radical (unpaired) electrons. The Morgan fingerprint density at radius 2 is 1.55 bits per heavy atom. The van der Waals surface area contributed by atoms with Crippen molar-refractivity contribution in [3.8, 4) is 0 Å². The van der Waals surface area contributed by atoms with Gasteiger partial charge in [-0.15, -0.1) is 0 Å². The first-order valence-electron chi connectivity index (χ1n) is 13.3. The number of rotatable bonds is 6. The highest BCUT2D eigenvalue weighted by Gasteiger charge is 2.20. The zero-order valence-electron chi connectivity index (χ0n) is 21.4. The second-order valence-corrected chi connectivity index (χ2v) is 9.84. The molecule has 4 aromatic carbocycles. The Kier molecular flexibility index (Phi) is 6.52. The van der Waals surface area contributed by atoms with E-state index >= 15 is 0 Å². The molecule has 38 heavy (non-hydrogen) atoms. The first kappa shape index (κ1) is 24.1. The van der Waals surface area contributed by atoms with Gasteiger partial charge in [-0.1, -0.05) is 61.5 Å². The Balaban J connectivity index is 1.52. The van der Waals surface area contributed by atoms with Gasteiger partial charge in [-0.3, -0.25) is 0 Å². The van der Waals surface area contributed by atoms with Crippen molar-refractivity contribution >= 4 is 38.8 Å². The van der Waals surface area contributed by atoms with E-state index < -0.39 is 5.97 Å². The lowest BCUT2D eigenvalue weighted by atomic mass is 9.87. The van der Waals surface area contributed by atoms with Gasteiger partial charge in [0.1, 0.15) is 0 Å². The summed E-state index contributed by atoms with van der Waals surface area (Å²) in [6.45, 7) is 2.98. The Morgan fingerprint density at radius 3 is 2.24 bits per heavy atom. The van der Waals surface area contributed by atoms with Gasteiger partial charge in [0.15, 0.2) is 6.23 Å². The number of allylic oxidation sites excluding steroid dienone is 1. The fourth-order valence-electron chi connectivity index (χ4n) is 5.57. The van der Waals surface area contributed by atoms with E-state index in [2.05, 4.69) is 61.5 Å². The molecule has 1 aliphatic heterocycles. The Hall–Kier alpha value is -4.22. The number of benzene rings is 4. The standard InChI is InChI=1S/C33H30N2O3/c1-2-29(22-8-4-3-5-9-22)32(25-13-11-24-19-27(33(36)37)14-12-23(24)18-25)26-15-16-30-28(20-26)21-34-35(30)31-10-6-7-17-38-31/h3-5,8-9,11-16,18-21,31H,2,6-7,10,17H2,1H3,(H,36,37)/b32-29-. The van der Waals surface area contributed by atoms with E-state index in [1.54, 1.807) is 12.1 Å². The minimum Gasteiger partial charge on any atom is -0.478 e. The molecule has 190 valence electrons. The molecule has 0 spiro atoms. The third-order valence-electron chi connectivity index (χ3n) is 7.47. The SMILES string of the molecule is CC/C(=C(\c1ccc2cc(C(=O)O)ccc2c1)c1ccc2c(cnn2C2CCCCO2)c1)c1ccccc1. The van der Waals surface area contributed by atoms with Crippen LogP contribution in [0.25, 0.3) is 32.8 Å². The van der Waals surface area contributed by atoms with E-state index in [0.29, 0.717) is 5.56 Å². The Bertz CT molecular complexity index is 1660. The number of carbonyl (C=O) groups is 1. The molecule has 0 amide bonds. The molecule has 1 unspecified atom stereocenters. The van der Waals surface area contributed by atoms with Crippen molar-refractivity contribution in [3.63, 3.8) is 0 Å². The molecule has 1 saturated heterocycles. The van der Waals surface area contributed by atoms with Gasteiger partial charge >= 0.3 is 5.97 Å². The third-order valence-corrected chi connectivity index (χ3v) is 7.47. The van der Waals surface area contributed by atoms with Crippen molar-refractivity contribution in [2.45, 2.75) is 38.8 Å². The number of carboxylic acids is 1. The second-order valence-electron chi connectivity index (χ2n) is 9.84. The summed E-state index contributed by atoms with van der Waals surface area (Å²) in [6, 6.07) is 28.7. The van der Waals surface area contributed by atoms with Crippen molar-refractivity contribution in [2.24, 2.45) is 0 Å². The topological polar surface area (TPSA) is 64.3 Å². The monoisotopic (exact) mass is 502 g/mol. The van der Waals surface area contributed by atoms with Crippen LogP contribution in [-0.2, 0) is 4.74 Å². The molecule has 5 heteroatoms. The number of fused-ring (bicyclic) bond motifs is 2. The minimum atomic E-state index is -0.915. The van der Waals surface area contributed by atoms with Crippen molar-refractivity contribution in [1.29, 1.82) is 0 Å². The van der Waals surface area contributed by atoms with Crippen LogP contribution >= 0.6 is 0 Å². The van der Waals surface area contributed by atoms with E-state index in [0.717, 1.165) is 65.1 Å². The molecular weight excluding hydrogens is 472 g/mol. The van der Waals surface area contributed by atoms with E-state index in [1.807, 2.05) is 29.1 Å². The van der Waals surface area contributed by atoms with E-state index in [-0.39, 0.29) is 6.23 Å². The van der Waals surface area contributed by atoms with Gasteiger partial charge in [0.2, 0.25) is 0 Å². The van der Waals surface area contributed by atoms with Crippen LogP contribution in [0.15, 0.2) is 91.1 Å². The third kappa shape index (κ3) is 4.50. The lowest BCUT2D eigenvalue weighted by Crippen LogP contribution is -2.18. The molecule has 1 fully saturated rings. The molecule has 6 rings (SSSR count). The van der Waals surface area contributed by atoms with Crippen molar-refractivity contribution in [3.05, 3.63) is 113 Å². The highest BCUT2D eigenvalue weighted by Crippen LogP contribution is 2.37. The molecule has 1 atom stereocenters. The van der Waals surface area contributed by atoms with Crippen molar-refractivity contribution in [2.75, 3.05) is 6.61 Å². The van der Waals surface area contributed by atoms with Gasteiger partial charge in [-0.2, -0.15) is 5.10 Å². The summed E-state index contributed by atoms with van der Waals surface area (Å²) in [5.74, 6) is -0.915.